The van der Waals surface area contributed by atoms with Crippen LogP contribution in [0, 0.1) is 5.41 Å². The monoisotopic (exact) mass is 277 g/mol. The number of carbonyl (C=O) groups is 2. The Kier molecular flexibility index (Phi) is 5.45. The lowest BCUT2D eigenvalue weighted by Crippen LogP contribution is -2.41. The van der Waals surface area contributed by atoms with E-state index in [4.69, 9.17) is 0 Å². The topological polar surface area (TPSA) is 66.4 Å². The molecule has 110 valence electrons. The zero-order valence-corrected chi connectivity index (χ0v) is 12.5. The van der Waals surface area contributed by atoms with Gasteiger partial charge in [0.25, 0.3) is 0 Å². The standard InChI is InChI=1S/C16H23NO3/c1-11(12-8-6-5-7-9-12)17-13(15(19)20)10-14(18)16(2,3)4/h5-9,11,13,17H,10H2,1-4H3,(H,19,20)/t11-,13-/m0/s1. The second-order valence-corrected chi connectivity index (χ2v) is 6.07. The fraction of sp³-hybridized carbons (Fsp3) is 0.500. The summed E-state index contributed by atoms with van der Waals surface area (Å²) >= 11 is 0. The van der Waals surface area contributed by atoms with Crippen LogP contribution in [-0.4, -0.2) is 22.9 Å². The molecule has 0 unspecified atom stereocenters. The number of hydrogen-bond donors (Lipinski definition) is 2. The van der Waals surface area contributed by atoms with Gasteiger partial charge in [-0.15, -0.1) is 0 Å². The number of aliphatic carboxylic acids is 1. The minimum Gasteiger partial charge on any atom is -0.480 e. The molecule has 0 aliphatic carbocycles. The van der Waals surface area contributed by atoms with Crippen LogP contribution in [0.3, 0.4) is 0 Å². The highest BCUT2D eigenvalue weighted by molar-refractivity contribution is 5.89. The van der Waals surface area contributed by atoms with Gasteiger partial charge < -0.3 is 5.11 Å². The van der Waals surface area contributed by atoms with E-state index >= 15 is 0 Å². The molecular formula is C16H23NO3. The maximum Gasteiger partial charge on any atom is 0.321 e. The fourth-order valence-corrected chi connectivity index (χ4v) is 1.85. The van der Waals surface area contributed by atoms with Gasteiger partial charge in [-0.25, -0.2) is 0 Å². The molecule has 0 spiro atoms. The molecule has 0 aliphatic rings. The molecule has 0 saturated heterocycles. The van der Waals surface area contributed by atoms with Crippen LogP contribution in [0.15, 0.2) is 30.3 Å². The molecule has 2 N–H and O–H groups in total. The molecule has 0 saturated carbocycles. The lowest BCUT2D eigenvalue weighted by atomic mass is 9.87. The van der Waals surface area contributed by atoms with E-state index in [-0.39, 0.29) is 18.2 Å². The SMILES string of the molecule is C[C@H](N[C@@H](CC(=O)C(C)(C)C)C(=O)O)c1ccccc1. The summed E-state index contributed by atoms with van der Waals surface area (Å²) in [6.45, 7) is 7.30. The van der Waals surface area contributed by atoms with Gasteiger partial charge in [0.05, 0.1) is 0 Å². The summed E-state index contributed by atoms with van der Waals surface area (Å²) < 4.78 is 0. The summed E-state index contributed by atoms with van der Waals surface area (Å²) in [5, 5.41) is 12.3. The van der Waals surface area contributed by atoms with Crippen LogP contribution in [-0.2, 0) is 9.59 Å². The number of carboxylic acids is 1. The lowest BCUT2D eigenvalue weighted by Gasteiger charge is -2.23. The summed E-state index contributed by atoms with van der Waals surface area (Å²) in [5.41, 5.74) is 0.479. The smallest absolute Gasteiger partial charge is 0.321 e. The van der Waals surface area contributed by atoms with Crippen LogP contribution in [0.2, 0.25) is 0 Å². The van der Waals surface area contributed by atoms with Crippen molar-refractivity contribution in [2.45, 2.75) is 46.2 Å². The maximum atomic E-state index is 12.0. The van der Waals surface area contributed by atoms with Gasteiger partial charge in [-0.1, -0.05) is 51.1 Å². The molecular weight excluding hydrogens is 254 g/mol. The maximum absolute atomic E-state index is 12.0. The molecule has 0 aliphatic heterocycles. The molecule has 2 atom stereocenters. The molecule has 20 heavy (non-hydrogen) atoms. The van der Waals surface area contributed by atoms with Crippen LogP contribution in [0.1, 0.15) is 45.7 Å². The highest BCUT2D eigenvalue weighted by Gasteiger charge is 2.29. The Morgan fingerprint density at radius 2 is 1.75 bits per heavy atom. The number of rotatable bonds is 6. The predicted molar refractivity (Wildman–Crippen MR) is 78.5 cm³/mol. The molecule has 4 heteroatoms. The first-order valence-electron chi connectivity index (χ1n) is 6.79. The molecule has 0 bridgehead atoms. The largest absolute Gasteiger partial charge is 0.480 e. The van der Waals surface area contributed by atoms with E-state index in [1.165, 1.54) is 0 Å². The fourth-order valence-electron chi connectivity index (χ4n) is 1.85. The zero-order valence-electron chi connectivity index (χ0n) is 12.5. The number of hydrogen-bond acceptors (Lipinski definition) is 3. The highest BCUT2D eigenvalue weighted by Crippen LogP contribution is 2.19. The van der Waals surface area contributed by atoms with E-state index in [2.05, 4.69) is 5.32 Å². The Hall–Kier alpha value is -1.68. The van der Waals surface area contributed by atoms with Gasteiger partial charge in [0, 0.05) is 17.9 Å². The van der Waals surface area contributed by atoms with Gasteiger partial charge in [-0.3, -0.25) is 14.9 Å². The molecule has 0 radical (unpaired) electrons. The third-order valence-corrected chi connectivity index (χ3v) is 3.27. The number of Topliss-reactive ketones (excluding diaryl/α,β-unsaturated/α-hetero) is 1. The van der Waals surface area contributed by atoms with Crippen molar-refractivity contribution in [3.05, 3.63) is 35.9 Å². The van der Waals surface area contributed by atoms with E-state index in [0.717, 1.165) is 5.56 Å². The Balaban J connectivity index is 2.74. The lowest BCUT2D eigenvalue weighted by molar-refractivity contribution is -0.142. The van der Waals surface area contributed by atoms with E-state index in [0.29, 0.717) is 0 Å². The summed E-state index contributed by atoms with van der Waals surface area (Å²) in [6, 6.07) is 8.60. The van der Waals surface area contributed by atoms with Gasteiger partial charge in [-0.2, -0.15) is 0 Å². The molecule has 1 aromatic carbocycles. The Bertz CT molecular complexity index is 462. The second-order valence-electron chi connectivity index (χ2n) is 6.07. The van der Waals surface area contributed by atoms with Gasteiger partial charge in [0.15, 0.2) is 0 Å². The number of ketones is 1. The first-order chi connectivity index (χ1) is 9.21. The minimum absolute atomic E-state index is 0.00396. The van der Waals surface area contributed by atoms with Crippen molar-refractivity contribution in [1.29, 1.82) is 0 Å². The Labute approximate surface area is 120 Å². The normalized spacial score (nSPS) is 14.6. The number of benzene rings is 1. The Morgan fingerprint density at radius 3 is 2.20 bits per heavy atom. The van der Waals surface area contributed by atoms with Crippen LogP contribution >= 0.6 is 0 Å². The first kappa shape index (κ1) is 16.4. The molecule has 1 rings (SSSR count). The third-order valence-electron chi connectivity index (χ3n) is 3.27. The number of carboxylic acid groups (broad SMARTS) is 1. The third kappa shape index (κ3) is 4.78. The summed E-state index contributed by atoms with van der Waals surface area (Å²) in [7, 11) is 0. The Morgan fingerprint density at radius 1 is 1.20 bits per heavy atom. The highest BCUT2D eigenvalue weighted by atomic mass is 16.4. The molecule has 1 aromatic rings. The van der Waals surface area contributed by atoms with Crippen molar-refractivity contribution in [3.8, 4) is 0 Å². The second kappa shape index (κ2) is 6.66. The average molecular weight is 277 g/mol. The predicted octanol–water partition coefficient (Wildman–Crippen LogP) is 2.80. The zero-order chi connectivity index (χ0) is 15.3. The van der Waals surface area contributed by atoms with Crippen LogP contribution in [0.5, 0.6) is 0 Å². The van der Waals surface area contributed by atoms with E-state index < -0.39 is 17.4 Å². The molecule has 0 fully saturated rings. The molecule has 0 aromatic heterocycles. The van der Waals surface area contributed by atoms with E-state index in [1.54, 1.807) is 20.8 Å². The van der Waals surface area contributed by atoms with Crippen molar-refractivity contribution < 1.29 is 14.7 Å². The van der Waals surface area contributed by atoms with Crippen LogP contribution in [0.25, 0.3) is 0 Å². The van der Waals surface area contributed by atoms with Gasteiger partial charge in [0.1, 0.15) is 11.8 Å². The van der Waals surface area contributed by atoms with Crippen molar-refractivity contribution >= 4 is 11.8 Å². The molecule has 0 amide bonds. The molecule has 0 heterocycles. The first-order valence-corrected chi connectivity index (χ1v) is 6.79. The van der Waals surface area contributed by atoms with Gasteiger partial charge >= 0.3 is 5.97 Å². The van der Waals surface area contributed by atoms with Gasteiger partial charge in [0.2, 0.25) is 0 Å². The van der Waals surface area contributed by atoms with Crippen molar-refractivity contribution in [2.75, 3.05) is 0 Å². The van der Waals surface area contributed by atoms with Gasteiger partial charge in [-0.05, 0) is 12.5 Å². The minimum atomic E-state index is -0.995. The number of carbonyl (C=O) groups excluding carboxylic acids is 1. The van der Waals surface area contributed by atoms with Crippen LogP contribution in [0.4, 0.5) is 0 Å². The summed E-state index contributed by atoms with van der Waals surface area (Å²) in [6.07, 6.45) is -0.00396. The quantitative estimate of drug-likeness (QED) is 0.839. The molecule has 4 nitrogen and oxygen atoms in total. The van der Waals surface area contributed by atoms with Crippen LogP contribution < -0.4 is 5.32 Å². The number of nitrogens with one attached hydrogen (secondary N) is 1. The summed E-state index contributed by atoms with van der Waals surface area (Å²) in [5.74, 6) is -1.05. The van der Waals surface area contributed by atoms with E-state index in [9.17, 15) is 14.7 Å². The van der Waals surface area contributed by atoms with Crippen molar-refractivity contribution in [3.63, 3.8) is 0 Å². The average Bonchev–Trinajstić information content (AvgIpc) is 2.37. The van der Waals surface area contributed by atoms with E-state index in [1.807, 2.05) is 37.3 Å². The van der Waals surface area contributed by atoms with Crippen molar-refractivity contribution in [1.82, 2.24) is 5.32 Å². The summed E-state index contributed by atoms with van der Waals surface area (Å²) in [4.78, 5) is 23.3. The van der Waals surface area contributed by atoms with Crippen molar-refractivity contribution in [2.24, 2.45) is 5.41 Å².